The number of primary amides is 1. The Morgan fingerprint density at radius 1 is 1.47 bits per heavy atom. The first kappa shape index (κ1) is 10.2. The van der Waals surface area contributed by atoms with Crippen molar-refractivity contribution in [1.29, 1.82) is 0 Å². The molecule has 1 spiro atoms. The standard InChI is InChI=1S/C11H12N4O2/c12-9(16)8-7(1-4-13-15-8)14-10(17)6-5-11(6)2-3-11/h1,4,6H,2-3,5H2,(H2,12,16)(H,13,14,17). The van der Waals surface area contributed by atoms with E-state index < -0.39 is 5.91 Å². The van der Waals surface area contributed by atoms with Crippen molar-refractivity contribution in [2.45, 2.75) is 19.3 Å². The van der Waals surface area contributed by atoms with Crippen LogP contribution < -0.4 is 11.1 Å². The molecule has 0 radical (unpaired) electrons. The van der Waals surface area contributed by atoms with Gasteiger partial charge >= 0.3 is 0 Å². The average molecular weight is 232 g/mol. The summed E-state index contributed by atoms with van der Waals surface area (Å²) in [5, 5.41) is 9.90. The van der Waals surface area contributed by atoms with Crippen LogP contribution in [0.1, 0.15) is 29.8 Å². The van der Waals surface area contributed by atoms with Crippen LogP contribution in [0.15, 0.2) is 12.3 Å². The van der Waals surface area contributed by atoms with Gasteiger partial charge in [0, 0.05) is 5.92 Å². The zero-order valence-corrected chi connectivity index (χ0v) is 9.14. The Labute approximate surface area is 97.6 Å². The van der Waals surface area contributed by atoms with E-state index in [0.29, 0.717) is 5.69 Å². The van der Waals surface area contributed by atoms with Crippen molar-refractivity contribution in [3.8, 4) is 0 Å². The summed E-state index contributed by atoms with van der Waals surface area (Å²) in [6.07, 6.45) is 4.66. The zero-order valence-electron chi connectivity index (χ0n) is 9.14. The van der Waals surface area contributed by atoms with Crippen LogP contribution in [0.25, 0.3) is 0 Å². The van der Waals surface area contributed by atoms with Crippen molar-refractivity contribution in [2.24, 2.45) is 17.1 Å². The molecule has 2 aliphatic rings. The van der Waals surface area contributed by atoms with E-state index in [2.05, 4.69) is 15.5 Å². The quantitative estimate of drug-likeness (QED) is 0.783. The molecule has 1 atom stereocenters. The first-order valence-corrected chi connectivity index (χ1v) is 5.55. The van der Waals surface area contributed by atoms with Crippen LogP contribution in [0.2, 0.25) is 0 Å². The fourth-order valence-corrected chi connectivity index (χ4v) is 2.27. The lowest BCUT2D eigenvalue weighted by molar-refractivity contribution is -0.117. The molecular formula is C11H12N4O2. The van der Waals surface area contributed by atoms with E-state index in [-0.39, 0.29) is 22.9 Å². The van der Waals surface area contributed by atoms with Crippen molar-refractivity contribution < 1.29 is 9.59 Å². The SMILES string of the molecule is NC(=O)c1nnccc1NC(=O)C1CC12CC2. The number of anilines is 1. The third kappa shape index (κ3) is 1.65. The highest BCUT2D eigenvalue weighted by molar-refractivity contribution is 6.02. The van der Waals surface area contributed by atoms with E-state index in [1.54, 1.807) is 0 Å². The molecule has 88 valence electrons. The normalized spacial score (nSPS) is 23.2. The smallest absolute Gasteiger partial charge is 0.271 e. The first-order valence-electron chi connectivity index (χ1n) is 5.55. The van der Waals surface area contributed by atoms with E-state index >= 15 is 0 Å². The summed E-state index contributed by atoms with van der Waals surface area (Å²) < 4.78 is 0. The van der Waals surface area contributed by atoms with E-state index in [9.17, 15) is 9.59 Å². The van der Waals surface area contributed by atoms with Crippen molar-refractivity contribution in [1.82, 2.24) is 10.2 Å². The molecule has 0 bridgehead atoms. The third-order valence-corrected chi connectivity index (χ3v) is 3.61. The third-order valence-electron chi connectivity index (χ3n) is 3.61. The number of nitrogens with two attached hydrogens (primary N) is 1. The average Bonchev–Trinajstić information content (AvgIpc) is 3.20. The molecule has 0 saturated heterocycles. The molecule has 17 heavy (non-hydrogen) atoms. The first-order chi connectivity index (χ1) is 8.12. The molecule has 1 unspecified atom stereocenters. The van der Waals surface area contributed by atoms with Crippen molar-refractivity contribution in [2.75, 3.05) is 5.32 Å². The monoisotopic (exact) mass is 232 g/mol. The number of aromatic nitrogens is 2. The van der Waals surface area contributed by atoms with Crippen molar-refractivity contribution in [3.05, 3.63) is 18.0 Å². The van der Waals surface area contributed by atoms with Crippen LogP contribution in [0, 0.1) is 11.3 Å². The lowest BCUT2D eigenvalue weighted by Gasteiger charge is -2.06. The van der Waals surface area contributed by atoms with Crippen LogP contribution in [0.3, 0.4) is 0 Å². The summed E-state index contributed by atoms with van der Waals surface area (Å²) in [6.45, 7) is 0. The Hall–Kier alpha value is -1.98. The van der Waals surface area contributed by atoms with Crippen LogP contribution in [0.4, 0.5) is 5.69 Å². The zero-order chi connectivity index (χ0) is 12.0. The molecule has 3 rings (SSSR count). The predicted molar refractivity (Wildman–Crippen MR) is 59.0 cm³/mol. The number of hydrogen-bond donors (Lipinski definition) is 2. The lowest BCUT2D eigenvalue weighted by Crippen LogP contribution is -2.21. The summed E-state index contributed by atoms with van der Waals surface area (Å²) >= 11 is 0. The van der Waals surface area contributed by atoms with Crippen molar-refractivity contribution in [3.63, 3.8) is 0 Å². The number of hydrogen-bond acceptors (Lipinski definition) is 4. The second-order valence-corrected chi connectivity index (χ2v) is 4.77. The molecule has 2 amide bonds. The van der Waals surface area contributed by atoms with Gasteiger partial charge in [0.1, 0.15) is 0 Å². The number of nitrogens with one attached hydrogen (secondary N) is 1. The molecule has 3 N–H and O–H groups in total. The maximum absolute atomic E-state index is 11.9. The largest absolute Gasteiger partial charge is 0.364 e. The summed E-state index contributed by atoms with van der Waals surface area (Å²) in [5.74, 6) is -0.639. The second-order valence-electron chi connectivity index (χ2n) is 4.77. The van der Waals surface area contributed by atoms with Crippen LogP contribution in [-0.4, -0.2) is 22.0 Å². The minimum absolute atomic E-state index is 0.00588. The highest BCUT2D eigenvalue weighted by atomic mass is 16.2. The number of carbonyl (C=O) groups excluding carboxylic acids is 2. The molecular weight excluding hydrogens is 220 g/mol. The van der Waals surface area contributed by atoms with Gasteiger partial charge in [-0.05, 0) is 30.7 Å². The van der Waals surface area contributed by atoms with E-state index in [1.165, 1.54) is 12.3 Å². The highest BCUT2D eigenvalue weighted by Gasteiger charge is 2.65. The lowest BCUT2D eigenvalue weighted by atomic mass is 10.2. The molecule has 2 fully saturated rings. The fourth-order valence-electron chi connectivity index (χ4n) is 2.27. The molecule has 1 aromatic rings. The van der Waals surface area contributed by atoms with Gasteiger partial charge in [-0.3, -0.25) is 9.59 Å². The molecule has 2 saturated carbocycles. The molecule has 0 aromatic carbocycles. The fraction of sp³-hybridized carbons (Fsp3) is 0.455. The van der Waals surface area contributed by atoms with Crippen LogP contribution >= 0.6 is 0 Å². The highest BCUT2D eigenvalue weighted by Crippen LogP contribution is 2.70. The summed E-state index contributed by atoms with van der Waals surface area (Å²) in [7, 11) is 0. The molecule has 0 aliphatic heterocycles. The predicted octanol–water partition coefficient (Wildman–Crippen LogP) is 0.314. The minimum atomic E-state index is -0.690. The molecule has 6 nitrogen and oxygen atoms in total. The maximum Gasteiger partial charge on any atom is 0.271 e. The Morgan fingerprint density at radius 2 is 2.24 bits per heavy atom. The van der Waals surface area contributed by atoms with Gasteiger partial charge in [0.2, 0.25) is 5.91 Å². The Kier molecular flexibility index (Phi) is 1.95. The van der Waals surface area contributed by atoms with E-state index in [4.69, 9.17) is 5.73 Å². The van der Waals surface area contributed by atoms with Gasteiger partial charge in [-0.15, -0.1) is 5.10 Å². The van der Waals surface area contributed by atoms with Gasteiger partial charge < -0.3 is 11.1 Å². The summed E-state index contributed by atoms with van der Waals surface area (Å²) in [4.78, 5) is 23.0. The number of carbonyl (C=O) groups is 2. The molecule has 6 heteroatoms. The molecule has 2 aliphatic carbocycles. The van der Waals surface area contributed by atoms with Gasteiger partial charge in [-0.25, -0.2) is 0 Å². The Balaban J connectivity index is 1.76. The van der Waals surface area contributed by atoms with Crippen LogP contribution in [0.5, 0.6) is 0 Å². The maximum atomic E-state index is 11.9. The number of rotatable bonds is 3. The Bertz CT molecular complexity index is 510. The minimum Gasteiger partial charge on any atom is -0.364 e. The van der Waals surface area contributed by atoms with Gasteiger partial charge in [0.25, 0.3) is 5.91 Å². The van der Waals surface area contributed by atoms with E-state index in [1.807, 2.05) is 0 Å². The molecule has 1 heterocycles. The van der Waals surface area contributed by atoms with Crippen molar-refractivity contribution >= 4 is 17.5 Å². The second kappa shape index (κ2) is 3.26. The Morgan fingerprint density at radius 3 is 2.82 bits per heavy atom. The van der Waals surface area contributed by atoms with E-state index in [0.717, 1.165) is 19.3 Å². The van der Waals surface area contributed by atoms with Gasteiger partial charge in [0.05, 0.1) is 11.9 Å². The summed E-state index contributed by atoms with van der Waals surface area (Å²) in [5.41, 5.74) is 5.80. The number of amides is 2. The number of nitrogens with zero attached hydrogens (tertiary/aromatic N) is 2. The topological polar surface area (TPSA) is 98.0 Å². The summed E-state index contributed by atoms with van der Waals surface area (Å²) in [6, 6.07) is 1.53. The van der Waals surface area contributed by atoms with Gasteiger partial charge in [0.15, 0.2) is 5.69 Å². The molecule has 1 aromatic heterocycles. The van der Waals surface area contributed by atoms with Gasteiger partial charge in [-0.2, -0.15) is 5.10 Å². The van der Waals surface area contributed by atoms with Gasteiger partial charge in [-0.1, -0.05) is 0 Å². The van der Waals surface area contributed by atoms with Crippen LogP contribution in [-0.2, 0) is 4.79 Å².